The van der Waals surface area contributed by atoms with Gasteiger partial charge in [-0.3, -0.25) is 20.2 Å². The van der Waals surface area contributed by atoms with Crippen molar-refractivity contribution in [3.63, 3.8) is 0 Å². The first-order valence-corrected chi connectivity index (χ1v) is 9.85. The van der Waals surface area contributed by atoms with E-state index in [0.29, 0.717) is 15.7 Å². The van der Waals surface area contributed by atoms with E-state index in [1.54, 1.807) is 12.1 Å². The van der Waals surface area contributed by atoms with Gasteiger partial charge in [-0.25, -0.2) is 0 Å². The van der Waals surface area contributed by atoms with Gasteiger partial charge in [0.1, 0.15) is 0 Å². The molecule has 1 heterocycles. The first kappa shape index (κ1) is 19.8. The van der Waals surface area contributed by atoms with E-state index in [2.05, 4.69) is 21.6 Å². The predicted molar refractivity (Wildman–Crippen MR) is 107 cm³/mol. The average Bonchev–Trinajstić information content (AvgIpc) is 3.14. The van der Waals surface area contributed by atoms with E-state index >= 15 is 0 Å². The zero-order chi connectivity index (χ0) is 20.1. The number of non-ortho nitro benzene ring substituents is 1. The highest BCUT2D eigenvalue weighted by atomic mass is 35.5. The molecule has 0 saturated heterocycles. The van der Waals surface area contributed by atoms with Crippen LogP contribution in [0, 0.1) is 21.4 Å². The second kappa shape index (κ2) is 8.79. The van der Waals surface area contributed by atoms with Gasteiger partial charge in [-0.05, 0) is 23.8 Å². The molecule has 0 radical (unpaired) electrons. The molecular formula is C17H10ClN5O3S2. The lowest BCUT2D eigenvalue weighted by atomic mass is 10.2. The van der Waals surface area contributed by atoms with Gasteiger partial charge >= 0.3 is 0 Å². The maximum absolute atomic E-state index is 12.3. The van der Waals surface area contributed by atoms with Gasteiger partial charge in [0, 0.05) is 17.9 Å². The number of nitro benzene ring substituents is 1. The smallest absolute Gasteiger partial charge is 0.270 e. The Balaban J connectivity index is 1.64. The molecule has 0 bridgehead atoms. The van der Waals surface area contributed by atoms with Gasteiger partial charge in [-0.2, -0.15) is 5.26 Å². The molecule has 1 N–H and O–H groups in total. The fraction of sp³-hybridized carbons (Fsp3) is 0.0588. The van der Waals surface area contributed by atoms with Crippen molar-refractivity contribution in [3.8, 4) is 6.07 Å². The number of nitrogens with zero attached hydrogens (tertiary/aromatic N) is 4. The molecule has 8 nitrogen and oxygen atoms in total. The second-order valence-corrected chi connectivity index (χ2v) is 7.95. The number of benzene rings is 2. The number of thioether (sulfide) groups is 1. The first-order valence-electron chi connectivity index (χ1n) is 7.67. The molecule has 0 aliphatic heterocycles. The van der Waals surface area contributed by atoms with E-state index in [0.717, 1.165) is 11.6 Å². The molecule has 0 aliphatic rings. The Kier molecular flexibility index (Phi) is 6.20. The summed E-state index contributed by atoms with van der Waals surface area (Å²) in [5.41, 5.74) is 1.37. The summed E-state index contributed by atoms with van der Waals surface area (Å²) in [5.74, 6) is 0.0267. The summed E-state index contributed by atoms with van der Waals surface area (Å²) >= 11 is 8.58. The maximum atomic E-state index is 12.3. The summed E-state index contributed by atoms with van der Waals surface area (Å²) in [5, 5.41) is 30.5. The number of carbonyl (C=O) groups excluding carboxylic acids is 1. The van der Waals surface area contributed by atoms with Crippen molar-refractivity contribution in [2.45, 2.75) is 10.1 Å². The molecule has 1 amide bonds. The van der Waals surface area contributed by atoms with Crippen molar-refractivity contribution in [1.82, 2.24) is 10.2 Å². The van der Waals surface area contributed by atoms with Crippen LogP contribution in [-0.4, -0.2) is 21.0 Å². The Labute approximate surface area is 172 Å². The second-order valence-electron chi connectivity index (χ2n) is 5.35. The highest BCUT2D eigenvalue weighted by Gasteiger charge is 2.17. The highest BCUT2D eigenvalue weighted by Crippen LogP contribution is 2.29. The lowest BCUT2D eigenvalue weighted by Gasteiger charge is -2.03. The zero-order valence-corrected chi connectivity index (χ0v) is 16.3. The number of anilines is 1. The highest BCUT2D eigenvalue weighted by molar-refractivity contribution is 8.00. The Morgan fingerprint density at radius 2 is 2.04 bits per heavy atom. The van der Waals surface area contributed by atoms with Gasteiger partial charge in [-0.1, -0.05) is 46.8 Å². The summed E-state index contributed by atoms with van der Waals surface area (Å²) in [6.07, 6.45) is 0. The van der Waals surface area contributed by atoms with Crippen molar-refractivity contribution in [2.24, 2.45) is 0 Å². The van der Waals surface area contributed by atoms with Gasteiger partial charge in [0.25, 0.3) is 11.6 Å². The van der Waals surface area contributed by atoms with E-state index in [1.807, 2.05) is 12.1 Å². The minimum atomic E-state index is -0.603. The van der Waals surface area contributed by atoms with Crippen molar-refractivity contribution in [2.75, 3.05) is 5.32 Å². The zero-order valence-electron chi connectivity index (χ0n) is 14.0. The molecule has 1 aromatic heterocycles. The van der Waals surface area contributed by atoms with E-state index < -0.39 is 10.8 Å². The number of amides is 1. The lowest BCUT2D eigenvalue weighted by Crippen LogP contribution is -2.12. The molecular weight excluding hydrogens is 422 g/mol. The quantitative estimate of drug-likeness (QED) is 0.263. The van der Waals surface area contributed by atoms with E-state index in [-0.39, 0.29) is 21.4 Å². The molecule has 3 aromatic rings. The van der Waals surface area contributed by atoms with Crippen LogP contribution < -0.4 is 5.32 Å². The molecule has 0 spiro atoms. The first-order chi connectivity index (χ1) is 13.5. The third-order valence-electron chi connectivity index (χ3n) is 3.48. The fourth-order valence-electron chi connectivity index (χ4n) is 2.10. The van der Waals surface area contributed by atoms with Crippen LogP contribution in [0.3, 0.4) is 0 Å². The number of halogens is 1. The molecule has 0 atom stereocenters. The van der Waals surface area contributed by atoms with Crippen LogP contribution in [0.2, 0.25) is 5.02 Å². The number of rotatable bonds is 6. The number of nitriles is 1. The third-order valence-corrected chi connectivity index (χ3v) is 5.85. The standard InChI is InChI=1S/C17H10ClN5O3S2/c18-14-6-5-12(23(25)26)7-13(14)15(24)20-16-21-22-17(28-16)27-9-11-3-1-10(8-19)2-4-11/h1-7H,9H2,(H,20,21,24). The number of nitro groups is 1. The SMILES string of the molecule is N#Cc1ccc(CSc2nnc(NC(=O)c3cc([N+](=O)[O-])ccc3Cl)s2)cc1. The Bertz CT molecular complexity index is 1080. The molecule has 0 saturated carbocycles. The summed E-state index contributed by atoms with van der Waals surface area (Å²) in [4.78, 5) is 22.6. The van der Waals surface area contributed by atoms with Gasteiger partial charge in [-0.15, -0.1) is 10.2 Å². The van der Waals surface area contributed by atoms with Crippen LogP contribution >= 0.6 is 34.7 Å². The normalized spacial score (nSPS) is 10.3. The minimum Gasteiger partial charge on any atom is -0.296 e. The molecule has 3 rings (SSSR count). The molecule has 0 aliphatic carbocycles. The lowest BCUT2D eigenvalue weighted by molar-refractivity contribution is -0.384. The van der Waals surface area contributed by atoms with Crippen molar-refractivity contribution < 1.29 is 9.72 Å². The number of hydrogen-bond donors (Lipinski definition) is 1. The topological polar surface area (TPSA) is 122 Å². The number of hydrogen-bond acceptors (Lipinski definition) is 8. The summed E-state index contributed by atoms with van der Waals surface area (Å²) in [6.45, 7) is 0. The maximum Gasteiger partial charge on any atom is 0.270 e. The van der Waals surface area contributed by atoms with E-state index in [1.165, 1.54) is 35.2 Å². The van der Waals surface area contributed by atoms with E-state index in [4.69, 9.17) is 16.9 Å². The molecule has 0 fully saturated rings. The monoisotopic (exact) mass is 431 g/mol. The minimum absolute atomic E-state index is 0.0159. The van der Waals surface area contributed by atoms with Crippen LogP contribution in [0.5, 0.6) is 0 Å². The van der Waals surface area contributed by atoms with Gasteiger partial charge in [0.2, 0.25) is 5.13 Å². The summed E-state index contributed by atoms with van der Waals surface area (Å²) in [6, 6.07) is 12.9. The van der Waals surface area contributed by atoms with Crippen LogP contribution in [0.4, 0.5) is 10.8 Å². The number of aromatic nitrogens is 2. The largest absolute Gasteiger partial charge is 0.296 e. The number of carbonyl (C=O) groups is 1. The fourth-order valence-corrected chi connectivity index (χ4v) is 4.01. The van der Waals surface area contributed by atoms with Gasteiger partial charge < -0.3 is 0 Å². The van der Waals surface area contributed by atoms with Crippen LogP contribution in [0.1, 0.15) is 21.5 Å². The predicted octanol–water partition coefficient (Wildman–Crippen LogP) is 4.52. The van der Waals surface area contributed by atoms with Crippen molar-refractivity contribution in [3.05, 3.63) is 74.3 Å². The number of nitrogens with one attached hydrogen (secondary N) is 1. The van der Waals surface area contributed by atoms with Crippen LogP contribution in [0.15, 0.2) is 46.8 Å². The third kappa shape index (κ3) is 4.83. The molecule has 0 unspecified atom stereocenters. The van der Waals surface area contributed by atoms with Gasteiger partial charge in [0.05, 0.1) is 27.1 Å². The van der Waals surface area contributed by atoms with Crippen LogP contribution in [0.25, 0.3) is 0 Å². The Morgan fingerprint density at radius 1 is 1.29 bits per heavy atom. The molecule has 28 heavy (non-hydrogen) atoms. The van der Waals surface area contributed by atoms with E-state index in [9.17, 15) is 14.9 Å². The Hall–Kier alpha value is -3.00. The van der Waals surface area contributed by atoms with Crippen molar-refractivity contribution in [1.29, 1.82) is 5.26 Å². The van der Waals surface area contributed by atoms with Gasteiger partial charge in [0.15, 0.2) is 4.34 Å². The average molecular weight is 432 g/mol. The molecule has 2 aromatic carbocycles. The van der Waals surface area contributed by atoms with Crippen LogP contribution in [-0.2, 0) is 5.75 Å². The molecule has 11 heteroatoms. The summed E-state index contributed by atoms with van der Waals surface area (Å²) < 4.78 is 0.643. The molecule has 140 valence electrons. The summed E-state index contributed by atoms with van der Waals surface area (Å²) in [7, 11) is 0. The Morgan fingerprint density at radius 3 is 2.71 bits per heavy atom. The van der Waals surface area contributed by atoms with Crippen molar-refractivity contribution >= 4 is 51.4 Å².